The number of benzene rings is 1. The number of nitrogens with one attached hydrogen (secondary N) is 1. The van der Waals surface area contributed by atoms with Gasteiger partial charge in [-0.2, -0.15) is 13.2 Å². The van der Waals surface area contributed by atoms with E-state index >= 15 is 0 Å². The van der Waals surface area contributed by atoms with Crippen LogP contribution in [0.25, 0.3) is 0 Å². The number of alkyl halides is 3. The Morgan fingerprint density at radius 2 is 2.16 bits per heavy atom. The molecule has 0 radical (unpaired) electrons. The fraction of sp³-hybridized carbons (Fsp3) is 0.571. The SMILES string of the molecule is CCN(Cc1cccc(C(F)(F)F)c1)C1CCNC1. The van der Waals surface area contributed by atoms with E-state index in [0.29, 0.717) is 12.6 Å². The fourth-order valence-corrected chi connectivity index (χ4v) is 2.53. The van der Waals surface area contributed by atoms with Crippen molar-refractivity contribution in [2.75, 3.05) is 19.6 Å². The molecule has 0 saturated carbocycles. The third-order valence-electron chi connectivity index (χ3n) is 3.60. The third-order valence-corrected chi connectivity index (χ3v) is 3.60. The highest BCUT2D eigenvalue weighted by molar-refractivity contribution is 5.25. The van der Waals surface area contributed by atoms with Crippen molar-refractivity contribution in [2.24, 2.45) is 0 Å². The number of halogens is 3. The number of hydrogen-bond donors (Lipinski definition) is 1. The summed E-state index contributed by atoms with van der Waals surface area (Å²) in [7, 11) is 0. The van der Waals surface area contributed by atoms with E-state index in [0.717, 1.165) is 37.7 Å². The van der Waals surface area contributed by atoms with Crippen molar-refractivity contribution in [3.8, 4) is 0 Å². The van der Waals surface area contributed by atoms with Crippen molar-refractivity contribution < 1.29 is 13.2 Å². The largest absolute Gasteiger partial charge is 0.416 e. The Morgan fingerprint density at radius 1 is 1.37 bits per heavy atom. The Hall–Kier alpha value is -1.07. The molecule has 0 aromatic heterocycles. The maximum absolute atomic E-state index is 12.7. The molecule has 1 N–H and O–H groups in total. The van der Waals surface area contributed by atoms with Crippen molar-refractivity contribution in [3.63, 3.8) is 0 Å². The molecule has 1 aliphatic heterocycles. The molecule has 0 aliphatic carbocycles. The minimum absolute atomic E-state index is 0.430. The summed E-state index contributed by atoms with van der Waals surface area (Å²) in [6, 6.07) is 6.06. The molecule has 2 rings (SSSR count). The Labute approximate surface area is 111 Å². The molecule has 1 atom stereocenters. The second kappa shape index (κ2) is 5.92. The maximum Gasteiger partial charge on any atom is 0.416 e. The van der Waals surface area contributed by atoms with Gasteiger partial charge >= 0.3 is 6.18 Å². The first-order valence-corrected chi connectivity index (χ1v) is 6.61. The predicted molar refractivity (Wildman–Crippen MR) is 68.8 cm³/mol. The molecule has 1 unspecified atom stereocenters. The first kappa shape index (κ1) is 14.3. The second-order valence-corrected chi connectivity index (χ2v) is 4.91. The van der Waals surface area contributed by atoms with E-state index in [4.69, 9.17) is 0 Å². The Kier molecular flexibility index (Phi) is 4.47. The molecule has 1 aromatic carbocycles. The first-order valence-electron chi connectivity index (χ1n) is 6.61. The average Bonchev–Trinajstić information content (AvgIpc) is 2.89. The predicted octanol–water partition coefficient (Wildman–Crippen LogP) is 2.89. The minimum Gasteiger partial charge on any atom is -0.315 e. The maximum atomic E-state index is 12.7. The summed E-state index contributed by atoms with van der Waals surface area (Å²) in [6.07, 6.45) is -3.20. The van der Waals surface area contributed by atoms with Crippen molar-refractivity contribution in [1.29, 1.82) is 0 Å². The molecule has 0 bridgehead atoms. The standard InChI is InChI=1S/C14H19F3N2/c1-2-19(13-6-7-18-9-13)10-11-4-3-5-12(8-11)14(15,16)17/h3-5,8,13,18H,2,6-7,9-10H2,1H3. The Balaban J connectivity index is 2.09. The van der Waals surface area contributed by atoms with E-state index < -0.39 is 11.7 Å². The smallest absolute Gasteiger partial charge is 0.315 e. The quantitative estimate of drug-likeness (QED) is 0.906. The van der Waals surface area contributed by atoms with Crippen LogP contribution in [0.1, 0.15) is 24.5 Å². The van der Waals surface area contributed by atoms with Crippen molar-refractivity contribution in [2.45, 2.75) is 32.1 Å². The van der Waals surface area contributed by atoms with Crippen LogP contribution in [0.4, 0.5) is 13.2 Å². The summed E-state index contributed by atoms with van der Waals surface area (Å²) in [4.78, 5) is 2.23. The Bertz CT molecular complexity index is 411. The highest BCUT2D eigenvalue weighted by Gasteiger charge is 2.30. The summed E-state index contributed by atoms with van der Waals surface area (Å²) in [5.41, 5.74) is 0.161. The van der Waals surface area contributed by atoms with Gasteiger partial charge in [0, 0.05) is 19.1 Å². The first-order chi connectivity index (χ1) is 9.00. The molecular formula is C14H19F3N2. The van der Waals surface area contributed by atoms with Crippen LogP contribution in [0.5, 0.6) is 0 Å². The highest BCUT2D eigenvalue weighted by atomic mass is 19.4. The van der Waals surface area contributed by atoms with E-state index in [1.165, 1.54) is 12.1 Å². The fourth-order valence-electron chi connectivity index (χ4n) is 2.53. The van der Waals surface area contributed by atoms with E-state index in [1.54, 1.807) is 6.07 Å². The molecule has 1 heterocycles. The number of rotatable bonds is 4. The van der Waals surface area contributed by atoms with E-state index in [2.05, 4.69) is 10.2 Å². The van der Waals surface area contributed by atoms with Crippen LogP contribution >= 0.6 is 0 Å². The van der Waals surface area contributed by atoms with Crippen LogP contribution in [0.2, 0.25) is 0 Å². The molecule has 1 fully saturated rings. The zero-order valence-electron chi connectivity index (χ0n) is 11.0. The molecule has 0 amide bonds. The summed E-state index contributed by atoms with van der Waals surface area (Å²) >= 11 is 0. The lowest BCUT2D eigenvalue weighted by Crippen LogP contribution is -2.36. The van der Waals surface area contributed by atoms with Crippen molar-refractivity contribution in [3.05, 3.63) is 35.4 Å². The lowest BCUT2D eigenvalue weighted by atomic mass is 10.1. The highest BCUT2D eigenvalue weighted by Crippen LogP contribution is 2.29. The van der Waals surface area contributed by atoms with E-state index in [1.807, 2.05) is 6.92 Å². The van der Waals surface area contributed by atoms with Gasteiger partial charge < -0.3 is 5.32 Å². The number of hydrogen-bond acceptors (Lipinski definition) is 2. The van der Waals surface area contributed by atoms with Gasteiger partial charge in [0.05, 0.1) is 5.56 Å². The van der Waals surface area contributed by atoms with Crippen LogP contribution in [0, 0.1) is 0 Å². The zero-order valence-corrected chi connectivity index (χ0v) is 11.0. The summed E-state index contributed by atoms with van der Waals surface area (Å²) in [5, 5.41) is 3.29. The summed E-state index contributed by atoms with van der Waals surface area (Å²) in [5.74, 6) is 0. The molecule has 2 nitrogen and oxygen atoms in total. The molecular weight excluding hydrogens is 253 g/mol. The molecule has 0 spiro atoms. The molecule has 19 heavy (non-hydrogen) atoms. The van der Waals surface area contributed by atoms with Gasteiger partial charge in [-0.15, -0.1) is 0 Å². The van der Waals surface area contributed by atoms with Crippen LogP contribution in [-0.2, 0) is 12.7 Å². The monoisotopic (exact) mass is 272 g/mol. The molecule has 1 aliphatic rings. The van der Waals surface area contributed by atoms with Gasteiger partial charge in [0.1, 0.15) is 0 Å². The van der Waals surface area contributed by atoms with Crippen molar-refractivity contribution >= 4 is 0 Å². The number of likely N-dealkylation sites (N-methyl/N-ethyl adjacent to an activating group) is 1. The molecule has 1 saturated heterocycles. The summed E-state index contributed by atoms with van der Waals surface area (Å²) < 4.78 is 38.0. The number of nitrogens with zero attached hydrogens (tertiary/aromatic N) is 1. The lowest BCUT2D eigenvalue weighted by Gasteiger charge is -2.27. The van der Waals surface area contributed by atoms with Gasteiger partial charge in [0.15, 0.2) is 0 Å². The van der Waals surface area contributed by atoms with Gasteiger partial charge in [-0.3, -0.25) is 4.90 Å². The molecule has 1 aromatic rings. The molecule has 106 valence electrons. The normalized spacial score (nSPS) is 20.2. The van der Waals surface area contributed by atoms with Crippen LogP contribution < -0.4 is 5.32 Å². The van der Waals surface area contributed by atoms with E-state index in [9.17, 15) is 13.2 Å². The molecule has 5 heteroatoms. The summed E-state index contributed by atoms with van der Waals surface area (Å²) in [6.45, 7) is 5.39. The van der Waals surface area contributed by atoms with Gasteiger partial charge in [-0.05, 0) is 31.1 Å². The van der Waals surface area contributed by atoms with Crippen LogP contribution in [0.3, 0.4) is 0 Å². The topological polar surface area (TPSA) is 15.3 Å². The Morgan fingerprint density at radius 3 is 2.74 bits per heavy atom. The van der Waals surface area contributed by atoms with Gasteiger partial charge in [-0.25, -0.2) is 0 Å². The average molecular weight is 272 g/mol. The van der Waals surface area contributed by atoms with Gasteiger partial charge in [-0.1, -0.05) is 25.1 Å². The third kappa shape index (κ3) is 3.70. The van der Waals surface area contributed by atoms with E-state index in [-0.39, 0.29) is 0 Å². The van der Waals surface area contributed by atoms with Crippen LogP contribution in [0.15, 0.2) is 24.3 Å². The van der Waals surface area contributed by atoms with Crippen molar-refractivity contribution in [1.82, 2.24) is 10.2 Å². The zero-order chi connectivity index (χ0) is 13.9. The second-order valence-electron chi connectivity index (χ2n) is 4.91. The van der Waals surface area contributed by atoms with Crippen LogP contribution in [-0.4, -0.2) is 30.6 Å². The lowest BCUT2D eigenvalue weighted by molar-refractivity contribution is -0.137. The van der Waals surface area contributed by atoms with Gasteiger partial charge in [0.2, 0.25) is 0 Å². The van der Waals surface area contributed by atoms with Gasteiger partial charge in [0.25, 0.3) is 0 Å². The minimum atomic E-state index is -4.26.